The lowest BCUT2D eigenvalue weighted by Crippen LogP contribution is -2.52. The molecule has 1 aliphatic heterocycles. The van der Waals surface area contributed by atoms with Crippen LogP contribution in [0.4, 0.5) is 5.82 Å². The van der Waals surface area contributed by atoms with Crippen molar-refractivity contribution in [3.05, 3.63) is 36.4 Å². The number of para-hydroxylation sites is 1. The average molecular weight is 300 g/mol. The first-order valence-electron chi connectivity index (χ1n) is 7.29. The molecular formula is C16H20N4S. The minimum Gasteiger partial charge on any atom is -0.392 e. The van der Waals surface area contributed by atoms with Crippen LogP contribution in [0.5, 0.6) is 0 Å². The number of nitrogens with two attached hydrogens (primary N) is 1. The summed E-state index contributed by atoms with van der Waals surface area (Å²) in [4.78, 5) is 10.00. The fourth-order valence-electron chi connectivity index (χ4n) is 2.75. The number of pyridine rings is 1. The van der Waals surface area contributed by atoms with Crippen LogP contribution in [-0.2, 0) is 0 Å². The molecule has 0 spiro atoms. The first-order valence-corrected chi connectivity index (χ1v) is 7.70. The highest BCUT2D eigenvalue weighted by molar-refractivity contribution is 7.80. The monoisotopic (exact) mass is 300 g/mol. The summed E-state index contributed by atoms with van der Waals surface area (Å²) >= 11 is 5.08. The van der Waals surface area contributed by atoms with E-state index in [0.717, 1.165) is 37.5 Å². The lowest BCUT2D eigenvalue weighted by atomic mass is 10.2. The van der Waals surface area contributed by atoms with Crippen LogP contribution in [0.25, 0.3) is 10.9 Å². The van der Waals surface area contributed by atoms with E-state index < -0.39 is 0 Å². The molecule has 3 rings (SSSR count). The maximum absolute atomic E-state index is 5.74. The molecule has 0 bridgehead atoms. The second-order valence-corrected chi connectivity index (χ2v) is 5.93. The van der Waals surface area contributed by atoms with Gasteiger partial charge in [0.1, 0.15) is 5.82 Å². The van der Waals surface area contributed by atoms with E-state index in [1.807, 2.05) is 12.1 Å². The molecule has 21 heavy (non-hydrogen) atoms. The van der Waals surface area contributed by atoms with Gasteiger partial charge in [0.2, 0.25) is 0 Å². The van der Waals surface area contributed by atoms with Gasteiger partial charge in [-0.05, 0) is 25.1 Å². The normalized spacial score (nSPS) is 17.9. The average Bonchev–Trinajstić information content (AvgIpc) is 2.54. The minimum absolute atomic E-state index is 0.173. The quantitative estimate of drug-likeness (QED) is 0.879. The van der Waals surface area contributed by atoms with E-state index >= 15 is 0 Å². The highest BCUT2D eigenvalue weighted by atomic mass is 32.1. The topological polar surface area (TPSA) is 45.4 Å². The first-order chi connectivity index (χ1) is 10.1. The van der Waals surface area contributed by atoms with Crippen LogP contribution in [0.2, 0.25) is 0 Å². The summed E-state index contributed by atoms with van der Waals surface area (Å²) in [5.41, 5.74) is 6.79. The third-order valence-electron chi connectivity index (χ3n) is 4.18. The van der Waals surface area contributed by atoms with Gasteiger partial charge >= 0.3 is 0 Å². The summed E-state index contributed by atoms with van der Waals surface area (Å²) in [6, 6.07) is 12.6. The Morgan fingerprint density at radius 3 is 2.57 bits per heavy atom. The van der Waals surface area contributed by atoms with Gasteiger partial charge in [0.15, 0.2) is 0 Å². The van der Waals surface area contributed by atoms with Crippen molar-refractivity contribution in [2.24, 2.45) is 5.73 Å². The highest BCUT2D eigenvalue weighted by Gasteiger charge is 2.23. The Morgan fingerprint density at radius 2 is 1.86 bits per heavy atom. The van der Waals surface area contributed by atoms with Crippen LogP contribution < -0.4 is 10.6 Å². The molecule has 1 aromatic heterocycles. The number of piperazine rings is 1. The van der Waals surface area contributed by atoms with Crippen LogP contribution in [-0.4, -0.2) is 47.1 Å². The van der Waals surface area contributed by atoms with Gasteiger partial charge in [0.25, 0.3) is 0 Å². The van der Waals surface area contributed by atoms with E-state index in [0.29, 0.717) is 4.99 Å². The predicted octanol–water partition coefficient (Wildman–Crippen LogP) is 2.03. The zero-order chi connectivity index (χ0) is 14.8. The van der Waals surface area contributed by atoms with Crippen LogP contribution in [0.1, 0.15) is 6.92 Å². The van der Waals surface area contributed by atoms with Gasteiger partial charge < -0.3 is 10.6 Å². The number of rotatable bonds is 3. The van der Waals surface area contributed by atoms with Crippen molar-refractivity contribution in [3.8, 4) is 0 Å². The summed E-state index contributed by atoms with van der Waals surface area (Å²) in [7, 11) is 0. The van der Waals surface area contributed by atoms with E-state index in [1.165, 1.54) is 5.39 Å². The van der Waals surface area contributed by atoms with Crippen LogP contribution in [0.3, 0.4) is 0 Å². The Balaban J connectivity index is 1.72. The highest BCUT2D eigenvalue weighted by Crippen LogP contribution is 2.19. The molecule has 5 heteroatoms. The lowest BCUT2D eigenvalue weighted by molar-refractivity contribution is 0.239. The second-order valence-electron chi connectivity index (χ2n) is 5.46. The third-order valence-corrected chi connectivity index (χ3v) is 4.52. The Morgan fingerprint density at radius 1 is 1.14 bits per heavy atom. The number of benzene rings is 1. The Bertz CT molecular complexity index is 650. The fourth-order valence-corrected chi connectivity index (χ4v) is 2.90. The molecule has 0 saturated carbocycles. The van der Waals surface area contributed by atoms with Crippen molar-refractivity contribution in [2.45, 2.75) is 13.0 Å². The first kappa shape index (κ1) is 14.2. The molecular weight excluding hydrogens is 280 g/mol. The maximum Gasteiger partial charge on any atom is 0.129 e. The largest absolute Gasteiger partial charge is 0.392 e. The molecule has 1 fully saturated rings. The van der Waals surface area contributed by atoms with Crippen LogP contribution in [0, 0.1) is 0 Å². The van der Waals surface area contributed by atoms with Crippen molar-refractivity contribution in [3.63, 3.8) is 0 Å². The molecule has 1 unspecified atom stereocenters. The number of hydrogen-bond donors (Lipinski definition) is 1. The Labute approximate surface area is 130 Å². The van der Waals surface area contributed by atoms with Crippen molar-refractivity contribution in [2.75, 3.05) is 31.1 Å². The number of fused-ring (bicyclic) bond motifs is 1. The molecule has 2 aromatic rings. The lowest BCUT2D eigenvalue weighted by Gasteiger charge is -2.38. The predicted molar refractivity (Wildman–Crippen MR) is 91.8 cm³/mol. The fraction of sp³-hybridized carbons (Fsp3) is 0.375. The SMILES string of the molecule is CC(C(N)=S)N1CCN(c2ccc3ccccc3n2)CC1. The van der Waals surface area contributed by atoms with E-state index in [9.17, 15) is 0 Å². The van der Waals surface area contributed by atoms with E-state index in [-0.39, 0.29) is 6.04 Å². The van der Waals surface area contributed by atoms with Gasteiger partial charge in [-0.1, -0.05) is 30.4 Å². The summed E-state index contributed by atoms with van der Waals surface area (Å²) in [5.74, 6) is 1.05. The maximum atomic E-state index is 5.74. The molecule has 4 nitrogen and oxygen atoms in total. The van der Waals surface area contributed by atoms with Crippen molar-refractivity contribution in [1.29, 1.82) is 0 Å². The second kappa shape index (κ2) is 5.95. The number of hydrogen-bond acceptors (Lipinski definition) is 4. The zero-order valence-corrected chi connectivity index (χ0v) is 13.0. The molecule has 0 amide bonds. The molecule has 110 valence electrons. The van der Waals surface area contributed by atoms with Crippen molar-refractivity contribution >= 4 is 33.9 Å². The van der Waals surface area contributed by atoms with E-state index in [4.69, 9.17) is 22.9 Å². The molecule has 0 radical (unpaired) electrons. The summed E-state index contributed by atoms with van der Waals surface area (Å²) in [6.45, 7) is 5.92. The van der Waals surface area contributed by atoms with Gasteiger partial charge in [0.05, 0.1) is 16.5 Å². The Hall–Kier alpha value is -1.72. The molecule has 0 aliphatic carbocycles. The summed E-state index contributed by atoms with van der Waals surface area (Å²) in [6.07, 6.45) is 0. The van der Waals surface area contributed by atoms with Gasteiger partial charge in [-0.25, -0.2) is 4.98 Å². The molecule has 1 aromatic carbocycles. The molecule has 1 atom stereocenters. The number of anilines is 1. The smallest absolute Gasteiger partial charge is 0.129 e. The van der Waals surface area contributed by atoms with Crippen LogP contribution >= 0.6 is 12.2 Å². The van der Waals surface area contributed by atoms with Gasteiger partial charge in [0, 0.05) is 31.6 Å². The van der Waals surface area contributed by atoms with Gasteiger partial charge in [-0.3, -0.25) is 4.90 Å². The van der Waals surface area contributed by atoms with Crippen LogP contribution in [0.15, 0.2) is 36.4 Å². The minimum atomic E-state index is 0.173. The third kappa shape index (κ3) is 2.99. The standard InChI is InChI=1S/C16H20N4S/c1-12(16(17)21)19-8-10-20(11-9-19)15-7-6-13-4-2-3-5-14(13)18-15/h2-7,12H,8-11H2,1H3,(H2,17,21). The molecule has 2 N–H and O–H groups in total. The van der Waals surface area contributed by atoms with Gasteiger partial charge in [-0.2, -0.15) is 0 Å². The van der Waals surface area contributed by atoms with Crippen molar-refractivity contribution < 1.29 is 0 Å². The molecule has 1 saturated heterocycles. The zero-order valence-electron chi connectivity index (χ0n) is 12.2. The van der Waals surface area contributed by atoms with E-state index in [1.54, 1.807) is 0 Å². The van der Waals surface area contributed by atoms with Crippen molar-refractivity contribution in [1.82, 2.24) is 9.88 Å². The van der Waals surface area contributed by atoms with Gasteiger partial charge in [-0.15, -0.1) is 0 Å². The number of aromatic nitrogens is 1. The number of nitrogens with zero attached hydrogens (tertiary/aromatic N) is 3. The summed E-state index contributed by atoms with van der Waals surface area (Å²) < 4.78 is 0. The number of thiocarbonyl (C=S) groups is 1. The Kier molecular flexibility index (Phi) is 4.03. The van der Waals surface area contributed by atoms with E-state index in [2.05, 4.69) is 41.0 Å². The molecule has 1 aliphatic rings. The summed E-state index contributed by atoms with van der Waals surface area (Å²) in [5, 5.41) is 1.18. The molecule has 2 heterocycles.